The van der Waals surface area contributed by atoms with Crippen LogP contribution in [0, 0.1) is 13.8 Å². The second kappa shape index (κ2) is 3.47. The predicted octanol–water partition coefficient (Wildman–Crippen LogP) is 2.13. The van der Waals surface area contributed by atoms with Crippen LogP contribution in [0.2, 0.25) is 0 Å². The van der Waals surface area contributed by atoms with Crippen molar-refractivity contribution in [2.24, 2.45) is 0 Å². The summed E-state index contributed by atoms with van der Waals surface area (Å²) in [6.45, 7) is 11.1. The number of aryl methyl sites for hydroxylation is 2. The van der Waals surface area contributed by atoms with Crippen molar-refractivity contribution in [2.45, 2.75) is 40.0 Å². The molecule has 1 aromatic rings. The molecule has 0 atom stereocenters. The molecular formula is C12H18Se. The van der Waals surface area contributed by atoms with Gasteiger partial charge in [0.05, 0.1) is 0 Å². The third-order valence-corrected chi connectivity index (χ3v) is 2.95. The first kappa shape index (κ1) is 10.8. The molecule has 72 valence electrons. The van der Waals surface area contributed by atoms with E-state index in [4.69, 9.17) is 0 Å². The second-order valence-corrected chi connectivity index (χ2v) is 5.74. The molecule has 0 aliphatic carbocycles. The number of rotatable bonds is 0. The minimum absolute atomic E-state index is 0.250. The zero-order chi connectivity index (χ0) is 10.2. The Morgan fingerprint density at radius 1 is 1.08 bits per heavy atom. The molecule has 0 aliphatic heterocycles. The zero-order valence-corrected chi connectivity index (χ0v) is 11.0. The van der Waals surface area contributed by atoms with Gasteiger partial charge in [0.2, 0.25) is 0 Å². The Hall–Kier alpha value is -0.261. The molecule has 1 aromatic carbocycles. The van der Waals surface area contributed by atoms with Crippen LogP contribution in [0.15, 0.2) is 12.1 Å². The van der Waals surface area contributed by atoms with Gasteiger partial charge in [0, 0.05) is 0 Å². The van der Waals surface area contributed by atoms with Crippen molar-refractivity contribution in [2.75, 3.05) is 0 Å². The first-order chi connectivity index (χ1) is 5.82. The molecule has 0 saturated heterocycles. The second-order valence-electron chi connectivity index (χ2n) is 4.73. The third kappa shape index (κ3) is 2.36. The summed E-state index contributed by atoms with van der Waals surface area (Å²) in [6.07, 6.45) is 0. The van der Waals surface area contributed by atoms with Crippen molar-refractivity contribution in [3.63, 3.8) is 0 Å². The predicted molar refractivity (Wildman–Crippen MR) is 61.4 cm³/mol. The molecule has 0 N–H and O–H groups in total. The van der Waals surface area contributed by atoms with Crippen LogP contribution in [0.5, 0.6) is 0 Å². The average Bonchev–Trinajstić information content (AvgIpc) is 1.78. The molecule has 0 bridgehead atoms. The fourth-order valence-electron chi connectivity index (χ4n) is 1.92. The van der Waals surface area contributed by atoms with Gasteiger partial charge in [-0.3, -0.25) is 0 Å². The summed E-state index contributed by atoms with van der Waals surface area (Å²) in [4.78, 5) is 0. The van der Waals surface area contributed by atoms with Crippen LogP contribution in [0.1, 0.15) is 37.5 Å². The van der Waals surface area contributed by atoms with Gasteiger partial charge in [-0.05, 0) is 0 Å². The van der Waals surface area contributed by atoms with Gasteiger partial charge < -0.3 is 0 Å². The van der Waals surface area contributed by atoms with Crippen LogP contribution in [0.25, 0.3) is 0 Å². The summed E-state index contributed by atoms with van der Waals surface area (Å²) in [5.74, 6) is 0. The fourth-order valence-corrected chi connectivity index (χ4v) is 3.42. The molecule has 0 amide bonds. The monoisotopic (exact) mass is 242 g/mol. The van der Waals surface area contributed by atoms with Crippen molar-refractivity contribution in [1.29, 1.82) is 0 Å². The SMILES string of the molecule is Cc1cc(C)c(C(C)(C)C)c([SeH])c1. The quantitative estimate of drug-likeness (QED) is 0.610. The Labute approximate surface area is 89.6 Å². The van der Waals surface area contributed by atoms with E-state index in [1.807, 2.05) is 0 Å². The van der Waals surface area contributed by atoms with Crippen LogP contribution in [-0.4, -0.2) is 16.0 Å². The van der Waals surface area contributed by atoms with Crippen LogP contribution >= 0.6 is 0 Å². The van der Waals surface area contributed by atoms with Gasteiger partial charge in [-0.2, -0.15) is 0 Å². The topological polar surface area (TPSA) is 0 Å². The Morgan fingerprint density at radius 2 is 1.62 bits per heavy atom. The molecule has 0 saturated carbocycles. The van der Waals surface area contributed by atoms with Crippen LogP contribution < -0.4 is 4.46 Å². The Morgan fingerprint density at radius 3 is 2.00 bits per heavy atom. The summed E-state index contributed by atoms with van der Waals surface area (Å²) >= 11 is 2.68. The molecule has 0 heterocycles. The molecule has 0 aliphatic rings. The molecule has 1 rings (SSSR count). The van der Waals surface area contributed by atoms with Crippen LogP contribution in [-0.2, 0) is 5.41 Å². The van der Waals surface area contributed by atoms with Gasteiger partial charge in [-0.1, -0.05) is 0 Å². The number of hydrogen-bond donors (Lipinski definition) is 0. The molecule has 1 heteroatoms. The summed E-state index contributed by atoms with van der Waals surface area (Å²) in [7, 11) is 0. The van der Waals surface area contributed by atoms with E-state index in [0.717, 1.165) is 0 Å². The van der Waals surface area contributed by atoms with Gasteiger partial charge >= 0.3 is 89.3 Å². The van der Waals surface area contributed by atoms with Crippen molar-refractivity contribution in [3.05, 3.63) is 28.8 Å². The van der Waals surface area contributed by atoms with Gasteiger partial charge in [0.15, 0.2) is 0 Å². The zero-order valence-electron chi connectivity index (χ0n) is 9.10. The van der Waals surface area contributed by atoms with E-state index < -0.39 is 0 Å². The van der Waals surface area contributed by atoms with Gasteiger partial charge in [0.1, 0.15) is 0 Å². The van der Waals surface area contributed by atoms with E-state index in [1.165, 1.54) is 21.2 Å². The van der Waals surface area contributed by atoms with Crippen molar-refractivity contribution in [1.82, 2.24) is 0 Å². The van der Waals surface area contributed by atoms with Gasteiger partial charge in [-0.25, -0.2) is 0 Å². The van der Waals surface area contributed by atoms with E-state index >= 15 is 0 Å². The number of hydrogen-bond acceptors (Lipinski definition) is 0. The minimum atomic E-state index is 0.250. The maximum absolute atomic E-state index is 2.68. The Kier molecular flexibility index (Phi) is 2.89. The Balaban J connectivity index is 3.38. The normalized spacial score (nSPS) is 11.8. The maximum atomic E-state index is 2.68. The summed E-state index contributed by atoms with van der Waals surface area (Å²) in [5.41, 5.74) is 4.47. The standard InChI is InChI=1S/C12H18Se/c1-8-6-9(2)11(10(13)7-8)12(3,4)5/h6-7,13H,1-5H3. The van der Waals surface area contributed by atoms with E-state index in [2.05, 4.69) is 62.8 Å². The van der Waals surface area contributed by atoms with E-state index in [1.54, 1.807) is 0 Å². The van der Waals surface area contributed by atoms with Crippen LogP contribution in [0.4, 0.5) is 0 Å². The first-order valence-corrected chi connectivity index (χ1v) is 5.57. The molecule has 0 radical (unpaired) electrons. The summed E-state index contributed by atoms with van der Waals surface area (Å²) < 4.78 is 1.36. The third-order valence-electron chi connectivity index (χ3n) is 2.21. The average molecular weight is 241 g/mol. The molecular weight excluding hydrogens is 223 g/mol. The number of benzene rings is 1. The van der Waals surface area contributed by atoms with Gasteiger partial charge in [0.25, 0.3) is 0 Å². The Bertz CT molecular complexity index is 295. The fraction of sp³-hybridized carbons (Fsp3) is 0.500. The van der Waals surface area contributed by atoms with Crippen molar-refractivity contribution in [3.8, 4) is 0 Å². The van der Waals surface area contributed by atoms with Crippen molar-refractivity contribution < 1.29 is 0 Å². The molecule has 0 nitrogen and oxygen atoms in total. The van der Waals surface area contributed by atoms with Crippen LogP contribution in [0.3, 0.4) is 0 Å². The van der Waals surface area contributed by atoms with E-state index in [0.29, 0.717) is 0 Å². The van der Waals surface area contributed by atoms with Crippen molar-refractivity contribution >= 4 is 20.5 Å². The van der Waals surface area contributed by atoms with E-state index in [9.17, 15) is 0 Å². The molecule has 0 unspecified atom stereocenters. The summed E-state index contributed by atoms with van der Waals surface area (Å²) in [6, 6.07) is 4.51. The summed E-state index contributed by atoms with van der Waals surface area (Å²) in [5, 5.41) is 0. The molecule has 13 heavy (non-hydrogen) atoms. The molecule has 0 spiro atoms. The molecule has 0 aromatic heterocycles. The van der Waals surface area contributed by atoms with Gasteiger partial charge in [-0.15, -0.1) is 0 Å². The first-order valence-electron chi connectivity index (χ1n) is 4.63. The van der Waals surface area contributed by atoms with E-state index in [-0.39, 0.29) is 5.41 Å². The molecule has 0 fully saturated rings.